The molecular weight excluding hydrogens is 338 g/mol. The third-order valence-electron chi connectivity index (χ3n) is 3.61. The fourth-order valence-electron chi connectivity index (χ4n) is 2.42. The zero-order valence-electron chi connectivity index (χ0n) is 13.2. The van der Waals surface area contributed by atoms with Crippen LogP contribution in [0.4, 0.5) is 5.82 Å². The van der Waals surface area contributed by atoms with Crippen LogP contribution in [0.25, 0.3) is 5.69 Å². The summed E-state index contributed by atoms with van der Waals surface area (Å²) in [4.78, 5) is 12.9. The minimum Gasteiger partial charge on any atom is -0.383 e. The topological polar surface area (TPSA) is 60.0 Å². The van der Waals surface area contributed by atoms with Crippen LogP contribution < -0.4 is 11.1 Å². The number of nitrogens with zero attached hydrogens (tertiary/aromatic N) is 1. The van der Waals surface area contributed by atoms with E-state index in [1.807, 2.05) is 61.5 Å². The van der Waals surface area contributed by atoms with E-state index in [0.29, 0.717) is 21.2 Å². The van der Waals surface area contributed by atoms with Gasteiger partial charge in [0.2, 0.25) is 0 Å². The zero-order chi connectivity index (χ0) is 17.1. The molecule has 0 aliphatic heterocycles. The van der Waals surface area contributed by atoms with Crippen LogP contribution in [-0.4, -0.2) is 10.5 Å². The molecule has 24 heavy (non-hydrogen) atoms. The summed E-state index contributed by atoms with van der Waals surface area (Å²) in [5.41, 5.74) is 9.21. The van der Waals surface area contributed by atoms with Crippen LogP contribution in [0.1, 0.15) is 20.8 Å². The highest BCUT2D eigenvalue weighted by atomic mass is 32.1. The lowest BCUT2D eigenvalue weighted by atomic mass is 10.2. The fraction of sp³-hybridized carbons (Fsp3) is 0.111. The highest BCUT2D eigenvalue weighted by molar-refractivity contribution is 7.73. The van der Waals surface area contributed by atoms with Crippen molar-refractivity contribution in [2.75, 3.05) is 5.73 Å². The van der Waals surface area contributed by atoms with E-state index in [2.05, 4.69) is 5.32 Å². The number of carbonyl (C=O) groups is 1. The highest BCUT2D eigenvalue weighted by Gasteiger charge is 2.17. The van der Waals surface area contributed by atoms with Crippen molar-refractivity contribution in [2.24, 2.45) is 0 Å². The number of nitrogens with two attached hydrogens (primary N) is 1. The Balaban J connectivity index is 1.86. The van der Waals surface area contributed by atoms with Crippen LogP contribution in [0.2, 0.25) is 0 Å². The van der Waals surface area contributed by atoms with E-state index in [-0.39, 0.29) is 5.91 Å². The molecule has 1 amide bonds. The van der Waals surface area contributed by atoms with Gasteiger partial charge in [-0.05, 0) is 42.4 Å². The molecule has 3 aromatic rings. The molecule has 3 rings (SSSR count). The molecule has 0 aliphatic carbocycles. The molecule has 0 bridgehead atoms. The number of amides is 1. The molecule has 4 nitrogen and oxygen atoms in total. The van der Waals surface area contributed by atoms with Crippen molar-refractivity contribution < 1.29 is 4.79 Å². The molecular formula is C18H17N3OS2. The second-order valence-corrected chi connectivity index (χ2v) is 7.07. The number of nitrogen functional groups attached to an aromatic ring is 1. The van der Waals surface area contributed by atoms with Gasteiger partial charge in [-0.1, -0.05) is 53.8 Å². The number of hydrogen-bond acceptors (Lipinski definition) is 4. The first-order valence-corrected chi connectivity index (χ1v) is 8.69. The summed E-state index contributed by atoms with van der Waals surface area (Å²) in [6.07, 6.45) is 0. The molecule has 0 saturated carbocycles. The standard InChI is InChI=1S/C18H17N3OS2/c1-12-6-5-9-14(10-12)21-16(19)15(24-18(21)23)17(22)20-11-13-7-3-2-4-8-13/h2-10H,11,19H2,1H3,(H,20,22). The predicted molar refractivity (Wildman–Crippen MR) is 101 cm³/mol. The maximum absolute atomic E-state index is 12.5. The van der Waals surface area contributed by atoms with Crippen LogP contribution in [-0.2, 0) is 6.54 Å². The molecule has 1 heterocycles. The molecule has 0 unspecified atom stereocenters. The number of benzene rings is 2. The summed E-state index contributed by atoms with van der Waals surface area (Å²) >= 11 is 6.63. The van der Waals surface area contributed by atoms with E-state index >= 15 is 0 Å². The number of thiazole rings is 1. The SMILES string of the molecule is Cc1cccc(-n2c(N)c(C(=O)NCc3ccccc3)sc2=S)c1. The van der Waals surface area contributed by atoms with Crippen molar-refractivity contribution in [2.45, 2.75) is 13.5 Å². The Morgan fingerprint density at radius 2 is 1.96 bits per heavy atom. The van der Waals surface area contributed by atoms with Crippen molar-refractivity contribution in [1.82, 2.24) is 9.88 Å². The third kappa shape index (κ3) is 3.39. The van der Waals surface area contributed by atoms with Gasteiger partial charge >= 0.3 is 0 Å². The third-order valence-corrected chi connectivity index (χ3v) is 5.00. The highest BCUT2D eigenvalue weighted by Crippen LogP contribution is 2.26. The smallest absolute Gasteiger partial charge is 0.265 e. The Kier molecular flexibility index (Phi) is 4.78. The Morgan fingerprint density at radius 3 is 2.67 bits per heavy atom. The zero-order valence-corrected chi connectivity index (χ0v) is 14.8. The molecule has 2 aromatic carbocycles. The normalized spacial score (nSPS) is 10.5. The first-order valence-electron chi connectivity index (χ1n) is 7.47. The van der Waals surface area contributed by atoms with Gasteiger partial charge in [0.15, 0.2) is 3.95 Å². The second-order valence-electron chi connectivity index (χ2n) is 5.43. The Bertz CT molecular complexity index is 929. The monoisotopic (exact) mass is 355 g/mol. The minimum absolute atomic E-state index is 0.209. The Morgan fingerprint density at radius 1 is 1.21 bits per heavy atom. The number of aromatic nitrogens is 1. The van der Waals surface area contributed by atoms with Crippen LogP contribution >= 0.6 is 23.6 Å². The second kappa shape index (κ2) is 6.98. The van der Waals surface area contributed by atoms with Gasteiger partial charge in [0.25, 0.3) is 5.91 Å². The number of hydrogen-bond donors (Lipinski definition) is 2. The lowest BCUT2D eigenvalue weighted by Crippen LogP contribution is -2.23. The van der Waals surface area contributed by atoms with Crippen molar-refractivity contribution in [3.05, 3.63) is 74.6 Å². The molecule has 0 saturated heterocycles. The molecule has 3 N–H and O–H groups in total. The van der Waals surface area contributed by atoms with Gasteiger partial charge < -0.3 is 11.1 Å². The number of anilines is 1. The van der Waals surface area contributed by atoms with E-state index in [1.165, 1.54) is 11.3 Å². The fourth-order valence-corrected chi connectivity index (χ4v) is 3.70. The molecule has 0 atom stereocenters. The lowest BCUT2D eigenvalue weighted by Gasteiger charge is -2.08. The van der Waals surface area contributed by atoms with Gasteiger partial charge in [0.05, 0.1) is 0 Å². The van der Waals surface area contributed by atoms with Crippen molar-refractivity contribution in [3.8, 4) is 5.69 Å². The maximum atomic E-state index is 12.5. The molecule has 0 fully saturated rings. The van der Waals surface area contributed by atoms with Crippen molar-refractivity contribution in [1.29, 1.82) is 0 Å². The summed E-state index contributed by atoms with van der Waals surface area (Å²) in [5, 5.41) is 2.89. The number of rotatable bonds is 4. The van der Waals surface area contributed by atoms with E-state index in [1.54, 1.807) is 4.57 Å². The number of aryl methyl sites for hydroxylation is 1. The number of nitrogens with one attached hydrogen (secondary N) is 1. The maximum Gasteiger partial charge on any atom is 0.265 e. The van der Waals surface area contributed by atoms with E-state index in [0.717, 1.165) is 16.8 Å². The molecule has 122 valence electrons. The summed E-state index contributed by atoms with van der Waals surface area (Å²) in [6, 6.07) is 17.6. The van der Waals surface area contributed by atoms with Gasteiger partial charge in [0, 0.05) is 12.2 Å². The van der Waals surface area contributed by atoms with Crippen LogP contribution in [0.3, 0.4) is 0 Å². The van der Waals surface area contributed by atoms with Gasteiger partial charge in [-0.15, -0.1) is 0 Å². The quantitative estimate of drug-likeness (QED) is 0.693. The molecule has 0 aliphatic rings. The summed E-state index contributed by atoms with van der Waals surface area (Å²) < 4.78 is 2.30. The predicted octanol–water partition coefficient (Wildman–Crippen LogP) is 4.09. The first-order chi connectivity index (χ1) is 11.6. The van der Waals surface area contributed by atoms with E-state index in [4.69, 9.17) is 18.0 Å². The Hall–Kier alpha value is -2.44. The summed E-state index contributed by atoms with van der Waals surface area (Å²) in [5.74, 6) is 0.167. The first kappa shape index (κ1) is 16.4. The molecule has 0 radical (unpaired) electrons. The van der Waals surface area contributed by atoms with Gasteiger partial charge in [-0.25, -0.2) is 0 Å². The average molecular weight is 355 g/mol. The van der Waals surface area contributed by atoms with Crippen LogP contribution in [0, 0.1) is 10.9 Å². The van der Waals surface area contributed by atoms with E-state index in [9.17, 15) is 4.79 Å². The minimum atomic E-state index is -0.209. The summed E-state index contributed by atoms with van der Waals surface area (Å²) in [7, 11) is 0. The van der Waals surface area contributed by atoms with Gasteiger partial charge in [-0.2, -0.15) is 0 Å². The van der Waals surface area contributed by atoms with E-state index < -0.39 is 0 Å². The largest absolute Gasteiger partial charge is 0.383 e. The average Bonchev–Trinajstić information content (AvgIpc) is 2.88. The van der Waals surface area contributed by atoms with Crippen molar-refractivity contribution in [3.63, 3.8) is 0 Å². The van der Waals surface area contributed by atoms with Crippen LogP contribution in [0.15, 0.2) is 54.6 Å². The molecule has 1 aromatic heterocycles. The number of carbonyl (C=O) groups excluding carboxylic acids is 1. The molecule has 6 heteroatoms. The van der Waals surface area contributed by atoms with Crippen molar-refractivity contribution >= 4 is 35.3 Å². The summed E-state index contributed by atoms with van der Waals surface area (Å²) in [6.45, 7) is 2.46. The van der Waals surface area contributed by atoms with Crippen LogP contribution in [0.5, 0.6) is 0 Å². The Labute approximate surface area is 149 Å². The van der Waals surface area contributed by atoms with Gasteiger partial charge in [-0.3, -0.25) is 9.36 Å². The molecule has 0 spiro atoms. The van der Waals surface area contributed by atoms with Gasteiger partial charge in [0.1, 0.15) is 10.7 Å². The lowest BCUT2D eigenvalue weighted by molar-refractivity contribution is 0.0955.